The van der Waals surface area contributed by atoms with E-state index in [1.54, 1.807) is 11.0 Å². The number of likely N-dealkylation sites (tertiary alicyclic amines) is 1. The molecule has 1 atom stereocenters. The summed E-state index contributed by atoms with van der Waals surface area (Å²) in [7, 11) is 0. The molecule has 0 saturated carbocycles. The number of piperidine rings is 1. The Morgan fingerprint density at radius 2 is 2.38 bits per heavy atom. The summed E-state index contributed by atoms with van der Waals surface area (Å²) < 4.78 is 0. The first-order chi connectivity index (χ1) is 7.66. The summed E-state index contributed by atoms with van der Waals surface area (Å²) in [4.78, 5) is 17.9. The molecule has 86 valence electrons. The van der Waals surface area contributed by atoms with Gasteiger partial charge in [-0.1, -0.05) is 6.07 Å². The van der Waals surface area contributed by atoms with Crippen LogP contribution in [0.2, 0.25) is 0 Å². The van der Waals surface area contributed by atoms with Crippen molar-refractivity contribution in [1.82, 2.24) is 9.88 Å². The molecule has 0 bridgehead atoms. The molecule has 16 heavy (non-hydrogen) atoms. The van der Waals surface area contributed by atoms with E-state index in [2.05, 4.69) is 4.98 Å². The van der Waals surface area contributed by atoms with Crippen molar-refractivity contribution in [3.05, 3.63) is 29.6 Å². The molecule has 0 spiro atoms. The zero-order chi connectivity index (χ0) is 11.5. The molecule has 1 unspecified atom stereocenters. The third-order valence-corrected chi connectivity index (χ3v) is 2.79. The predicted molar refractivity (Wildman–Crippen MR) is 60.1 cm³/mol. The van der Waals surface area contributed by atoms with Gasteiger partial charge in [-0.3, -0.25) is 4.79 Å². The minimum absolute atomic E-state index is 0.0811. The minimum atomic E-state index is -0.387. The Morgan fingerprint density at radius 3 is 3.06 bits per heavy atom. The summed E-state index contributed by atoms with van der Waals surface area (Å²) in [5, 5.41) is 9.52. The molecule has 1 aliphatic rings. The standard InChI is InChI=1S/C12H16N2O2/c1-9-4-2-6-11(13-9)12(16)14-7-3-5-10(15)8-14/h2,4,6,10,15H,3,5,7-8H2,1H3. The molecule has 2 rings (SSSR count). The van der Waals surface area contributed by atoms with Gasteiger partial charge in [-0.15, -0.1) is 0 Å². The summed E-state index contributed by atoms with van der Waals surface area (Å²) in [6.45, 7) is 3.00. The number of hydrogen-bond donors (Lipinski definition) is 1. The average molecular weight is 220 g/mol. The van der Waals surface area contributed by atoms with E-state index < -0.39 is 0 Å². The van der Waals surface area contributed by atoms with Gasteiger partial charge in [-0.2, -0.15) is 0 Å². The topological polar surface area (TPSA) is 53.4 Å². The quantitative estimate of drug-likeness (QED) is 0.767. The van der Waals surface area contributed by atoms with Crippen LogP contribution in [0, 0.1) is 6.92 Å². The van der Waals surface area contributed by atoms with E-state index in [0.29, 0.717) is 18.8 Å². The highest BCUT2D eigenvalue weighted by Crippen LogP contribution is 2.12. The molecule has 1 fully saturated rings. The molecule has 4 heteroatoms. The molecule has 0 aliphatic carbocycles. The summed E-state index contributed by atoms with van der Waals surface area (Å²) in [6, 6.07) is 5.41. The zero-order valence-corrected chi connectivity index (χ0v) is 9.39. The third-order valence-electron chi connectivity index (χ3n) is 2.79. The first-order valence-electron chi connectivity index (χ1n) is 5.58. The maximum atomic E-state index is 12.0. The van der Waals surface area contributed by atoms with Crippen LogP contribution in [0.25, 0.3) is 0 Å². The maximum Gasteiger partial charge on any atom is 0.272 e. The second-order valence-electron chi connectivity index (χ2n) is 4.21. The highest BCUT2D eigenvalue weighted by molar-refractivity contribution is 5.92. The number of aromatic nitrogens is 1. The predicted octanol–water partition coefficient (Wildman–Crippen LogP) is 0.987. The molecule has 1 aromatic heterocycles. The van der Waals surface area contributed by atoms with Gasteiger partial charge in [0.1, 0.15) is 5.69 Å². The van der Waals surface area contributed by atoms with Crippen LogP contribution in [-0.2, 0) is 0 Å². The Morgan fingerprint density at radius 1 is 1.56 bits per heavy atom. The Balaban J connectivity index is 2.12. The van der Waals surface area contributed by atoms with Crippen LogP contribution in [0.15, 0.2) is 18.2 Å². The van der Waals surface area contributed by atoms with E-state index in [1.807, 2.05) is 19.1 Å². The van der Waals surface area contributed by atoms with Crippen LogP contribution in [0.3, 0.4) is 0 Å². The van der Waals surface area contributed by atoms with Crippen LogP contribution in [0.4, 0.5) is 0 Å². The lowest BCUT2D eigenvalue weighted by Gasteiger charge is -2.29. The number of aliphatic hydroxyl groups is 1. The van der Waals surface area contributed by atoms with Gasteiger partial charge in [0, 0.05) is 18.8 Å². The van der Waals surface area contributed by atoms with E-state index in [-0.39, 0.29) is 12.0 Å². The fourth-order valence-electron chi connectivity index (χ4n) is 1.96. The number of carbonyl (C=O) groups excluding carboxylic acids is 1. The molecule has 1 N–H and O–H groups in total. The van der Waals surface area contributed by atoms with E-state index >= 15 is 0 Å². The third kappa shape index (κ3) is 2.39. The molecule has 4 nitrogen and oxygen atoms in total. The monoisotopic (exact) mass is 220 g/mol. The van der Waals surface area contributed by atoms with Crippen molar-refractivity contribution in [3.63, 3.8) is 0 Å². The van der Waals surface area contributed by atoms with Crippen molar-refractivity contribution in [3.8, 4) is 0 Å². The second-order valence-corrected chi connectivity index (χ2v) is 4.21. The number of nitrogens with zero attached hydrogens (tertiary/aromatic N) is 2. The molecular weight excluding hydrogens is 204 g/mol. The number of pyridine rings is 1. The number of rotatable bonds is 1. The van der Waals surface area contributed by atoms with Crippen LogP contribution < -0.4 is 0 Å². The van der Waals surface area contributed by atoms with Crippen molar-refractivity contribution >= 4 is 5.91 Å². The van der Waals surface area contributed by atoms with Gasteiger partial charge in [0.25, 0.3) is 5.91 Å². The highest BCUT2D eigenvalue weighted by atomic mass is 16.3. The van der Waals surface area contributed by atoms with E-state index in [9.17, 15) is 9.90 Å². The summed E-state index contributed by atoms with van der Waals surface area (Å²) in [5.74, 6) is -0.0811. The summed E-state index contributed by atoms with van der Waals surface area (Å²) in [5.41, 5.74) is 1.30. The van der Waals surface area contributed by atoms with Crippen molar-refractivity contribution in [2.75, 3.05) is 13.1 Å². The van der Waals surface area contributed by atoms with Gasteiger partial charge in [0.05, 0.1) is 6.10 Å². The van der Waals surface area contributed by atoms with E-state index in [4.69, 9.17) is 0 Å². The van der Waals surface area contributed by atoms with Gasteiger partial charge in [0.15, 0.2) is 0 Å². The Bertz CT molecular complexity index is 392. The fraction of sp³-hybridized carbons (Fsp3) is 0.500. The second kappa shape index (κ2) is 4.61. The molecule has 0 aromatic carbocycles. The van der Waals surface area contributed by atoms with E-state index in [1.165, 1.54) is 0 Å². The summed E-state index contributed by atoms with van der Waals surface area (Å²) >= 11 is 0. The molecule has 1 aromatic rings. The summed E-state index contributed by atoms with van der Waals surface area (Å²) in [6.07, 6.45) is 1.26. The lowest BCUT2D eigenvalue weighted by Crippen LogP contribution is -2.42. The average Bonchev–Trinajstić information content (AvgIpc) is 2.28. The van der Waals surface area contributed by atoms with Gasteiger partial charge in [-0.05, 0) is 31.9 Å². The first-order valence-corrected chi connectivity index (χ1v) is 5.58. The van der Waals surface area contributed by atoms with Crippen LogP contribution in [-0.4, -0.2) is 40.1 Å². The van der Waals surface area contributed by atoms with Crippen molar-refractivity contribution < 1.29 is 9.90 Å². The number of amides is 1. The minimum Gasteiger partial charge on any atom is -0.391 e. The van der Waals surface area contributed by atoms with Gasteiger partial charge < -0.3 is 10.0 Å². The smallest absolute Gasteiger partial charge is 0.272 e. The van der Waals surface area contributed by atoms with Crippen molar-refractivity contribution in [2.24, 2.45) is 0 Å². The number of hydrogen-bond acceptors (Lipinski definition) is 3. The number of carbonyl (C=O) groups is 1. The first kappa shape index (κ1) is 11.1. The van der Waals surface area contributed by atoms with Gasteiger partial charge in [-0.25, -0.2) is 4.98 Å². The molecule has 2 heterocycles. The highest BCUT2D eigenvalue weighted by Gasteiger charge is 2.23. The lowest BCUT2D eigenvalue weighted by molar-refractivity contribution is 0.0469. The lowest BCUT2D eigenvalue weighted by atomic mass is 10.1. The molecule has 1 aliphatic heterocycles. The van der Waals surface area contributed by atoms with Crippen LogP contribution in [0.1, 0.15) is 29.0 Å². The van der Waals surface area contributed by atoms with Crippen molar-refractivity contribution in [1.29, 1.82) is 0 Å². The van der Waals surface area contributed by atoms with Crippen LogP contribution in [0.5, 0.6) is 0 Å². The zero-order valence-electron chi connectivity index (χ0n) is 9.39. The fourth-order valence-corrected chi connectivity index (χ4v) is 1.96. The molecular formula is C12H16N2O2. The molecule has 0 radical (unpaired) electrons. The SMILES string of the molecule is Cc1cccc(C(=O)N2CCCC(O)C2)n1. The normalized spacial score (nSPS) is 20.9. The Kier molecular flexibility index (Phi) is 3.19. The maximum absolute atomic E-state index is 12.0. The van der Waals surface area contributed by atoms with Crippen LogP contribution >= 0.6 is 0 Å². The Labute approximate surface area is 94.9 Å². The number of β-amino-alcohol motifs (C(OH)–C–C–N with tert-alkyl or cyclic N) is 1. The Hall–Kier alpha value is -1.42. The number of aliphatic hydroxyl groups excluding tert-OH is 1. The van der Waals surface area contributed by atoms with Gasteiger partial charge >= 0.3 is 0 Å². The van der Waals surface area contributed by atoms with Crippen molar-refractivity contribution in [2.45, 2.75) is 25.9 Å². The number of aryl methyl sites for hydroxylation is 1. The molecule has 1 saturated heterocycles. The molecule has 1 amide bonds. The van der Waals surface area contributed by atoms with E-state index in [0.717, 1.165) is 18.5 Å². The largest absolute Gasteiger partial charge is 0.391 e. The van der Waals surface area contributed by atoms with Gasteiger partial charge in [0.2, 0.25) is 0 Å².